The first-order chi connectivity index (χ1) is 16.0. The second-order valence-electron chi connectivity index (χ2n) is 7.00. The van der Waals surface area contributed by atoms with E-state index in [2.05, 4.69) is 6.58 Å². The Kier molecular flexibility index (Phi) is 8.86. The van der Waals surface area contributed by atoms with Crippen molar-refractivity contribution in [3.05, 3.63) is 70.1 Å². The average Bonchev–Trinajstić information content (AvgIpc) is 3.05. The number of thioether (sulfide) groups is 1. The molecule has 0 bridgehead atoms. The maximum absolute atomic E-state index is 12.9. The van der Waals surface area contributed by atoms with E-state index in [4.69, 9.17) is 25.8 Å². The van der Waals surface area contributed by atoms with Crippen LogP contribution in [-0.2, 0) is 11.2 Å². The van der Waals surface area contributed by atoms with Crippen LogP contribution in [-0.4, -0.2) is 42.4 Å². The Labute approximate surface area is 203 Å². The van der Waals surface area contributed by atoms with Gasteiger partial charge in [0.15, 0.2) is 11.5 Å². The highest BCUT2D eigenvalue weighted by atomic mass is 35.5. The van der Waals surface area contributed by atoms with Crippen molar-refractivity contribution in [3.8, 4) is 17.2 Å². The third-order valence-corrected chi connectivity index (χ3v) is 5.83. The fourth-order valence-electron chi connectivity index (χ4n) is 3.27. The normalized spacial score (nSPS) is 14.6. The first-order valence-corrected chi connectivity index (χ1v) is 11.8. The maximum Gasteiger partial charge on any atom is 0.293 e. The maximum atomic E-state index is 12.9. The molecule has 0 aromatic heterocycles. The first-order valence-electron chi connectivity index (χ1n) is 10.6. The van der Waals surface area contributed by atoms with Gasteiger partial charge in [-0.1, -0.05) is 17.7 Å². The van der Waals surface area contributed by atoms with Crippen molar-refractivity contribution in [2.75, 3.05) is 26.4 Å². The van der Waals surface area contributed by atoms with E-state index in [1.54, 1.807) is 36.4 Å². The highest BCUT2D eigenvalue weighted by Crippen LogP contribution is 2.37. The van der Waals surface area contributed by atoms with E-state index in [9.17, 15) is 9.59 Å². The highest BCUT2D eigenvalue weighted by Gasteiger charge is 2.35. The zero-order chi connectivity index (χ0) is 23.8. The van der Waals surface area contributed by atoms with Gasteiger partial charge < -0.3 is 14.2 Å². The number of carbonyl (C=O) groups is 2. The number of amides is 2. The smallest absolute Gasteiger partial charge is 0.293 e. The lowest BCUT2D eigenvalue weighted by Gasteiger charge is -2.16. The summed E-state index contributed by atoms with van der Waals surface area (Å²) >= 11 is 6.78. The van der Waals surface area contributed by atoms with Crippen LogP contribution in [0.2, 0.25) is 5.02 Å². The van der Waals surface area contributed by atoms with E-state index in [1.165, 1.54) is 4.90 Å². The van der Waals surface area contributed by atoms with Crippen LogP contribution in [0.15, 0.2) is 54.0 Å². The fraction of sp³-hybridized carbons (Fsp3) is 0.280. The Hall–Kier alpha value is -2.90. The number of hydrogen-bond acceptors (Lipinski definition) is 6. The molecular weight excluding hydrogens is 462 g/mol. The summed E-state index contributed by atoms with van der Waals surface area (Å²) in [6.07, 6.45) is 4.07. The number of allylic oxidation sites excluding steroid dienone is 1. The van der Waals surface area contributed by atoms with Crippen molar-refractivity contribution in [1.29, 1.82) is 0 Å². The molecule has 0 saturated carbocycles. The van der Waals surface area contributed by atoms with Crippen molar-refractivity contribution in [3.63, 3.8) is 0 Å². The van der Waals surface area contributed by atoms with E-state index in [1.807, 2.05) is 26.0 Å². The van der Waals surface area contributed by atoms with E-state index in [0.717, 1.165) is 22.9 Å². The molecule has 1 saturated heterocycles. The van der Waals surface area contributed by atoms with Crippen LogP contribution in [0.4, 0.5) is 4.79 Å². The van der Waals surface area contributed by atoms with Gasteiger partial charge in [-0.05, 0) is 80.1 Å². The van der Waals surface area contributed by atoms with Crippen LogP contribution >= 0.6 is 23.4 Å². The molecule has 1 heterocycles. The lowest BCUT2D eigenvalue weighted by Crippen LogP contribution is -2.32. The number of carbonyl (C=O) groups excluding carboxylic acids is 2. The van der Waals surface area contributed by atoms with E-state index >= 15 is 0 Å². The van der Waals surface area contributed by atoms with Crippen molar-refractivity contribution in [2.45, 2.75) is 20.3 Å². The van der Waals surface area contributed by atoms with Gasteiger partial charge in [0.25, 0.3) is 11.1 Å². The van der Waals surface area contributed by atoms with Gasteiger partial charge in [0.05, 0.1) is 24.7 Å². The Bertz CT molecular complexity index is 1050. The minimum absolute atomic E-state index is 0.153. The van der Waals surface area contributed by atoms with Crippen LogP contribution in [0.5, 0.6) is 17.2 Å². The Morgan fingerprint density at radius 3 is 2.45 bits per heavy atom. The standard InChI is InChI=1S/C25H26ClNO5S/c1-4-7-18-14-17(15-21(30-5-2)23(18)31-6-3)16-22-24(28)27(25(29)33-22)12-13-32-20-10-8-19(26)9-11-20/h4,8-11,14-16H,1,5-7,12-13H2,2-3H3/b22-16-. The van der Waals surface area contributed by atoms with Crippen LogP contribution in [0, 0.1) is 0 Å². The molecule has 1 aliphatic heterocycles. The third kappa shape index (κ3) is 6.33. The zero-order valence-corrected chi connectivity index (χ0v) is 20.2. The Morgan fingerprint density at radius 1 is 1.06 bits per heavy atom. The van der Waals surface area contributed by atoms with Gasteiger partial charge in [-0.2, -0.15) is 0 Å². The Morgan fingerprint density at radius 2 is 1.79 bits per heavy atom. The second kappa shape index (κ2) is 11.8. The van der Waals surface area contributed by atoms with Gasteiger partial charge in [-0.25, -0.2) is 0 Å². The monoisotopic (exact) mass is 487 g/mol. The summed E-state index contributed by atoms with van der Waals surface area (Å²) in [5, 5.41) is 0.282. The fourth-order valence-corrected chi connectivity index (χ4v) is 4.27. The molecule has 6 nitrogen and oxygen atoms in total. The first kappa shape index (κ1) is 24.7. The predicted octanol–water partition coefficient (Wildman–Crippen LogP) is 5.98. The van der Waals surface area contributed by atoms with E-state index in [0.29, 0.717) is 46.8 Å². The third-order valence-electron chi connectivity index (χ3n) is 4.68. The minimum atomic E-state index is -0.346. The summed E-state index contributed by atoms with van der Waals surface area (Å²) < 4.78 is 17.2. The van der Waals surface area contributed by atoms with Crippen molar-refractivity contribution < 1.29 is 23.8 Å². The molecule has 2 amide bonds. The summed E-state index contributed by atoms with van der Waals surface area (Å²) in [5.41, 5.74) is 1.65. The minimum Gasteiger partial charge on any atom is -0.492 e. The number of rotatable bonds is 11. The molecule has 0 unspecified atom stereocenters. The van der Waals surface area contributed by atoms with Crippen molar-refractivity contribution >= 4 is 40.6 Å². The molecule has 2 aromatic carbocycles. The summed E-state index contributed by atoms with van der Waals surface area (Å²) in [7, 11) is 0. The number of hydrogen-bond donors (Lipinski definition) is 0. The number of nitrogens with zero attached hydrogens (tertiary/aromatic N) is 1. The van der Waals surface area contributed by atoms with Gasteiger partial charge in [0.1, 0.15) is 12.4 Å². The number of imide groups is 1. The zero-order valence-electron chi connectivity index (χ0n) is 18.6. The molecule has 0 N–H and O–H groups in total. The van der Waals surface area contributed by atoms with Gasteiger partial charge in [-0.3, -0.25) is 14.5 Å². The van der Waals surface area contributed by atoms with Gasteiger partial charge in [0.2, 0.25) is 0 Å². The number of benzene rings is 2. The molecule has 2 aromatic rings. The van der Waals surface area contributed by atoms with Gasteiger partial charge >= 0.3 is 0 Å². The average molecular weight is 488 g/mol. The van der Waals surface area contributed by atoms with Crippen LogP contribution in [0.1, 0.15) is 25.0 Å². The Balaban J connectivity index is 1.77. The molecule has 0 aliphatic carbocycles. The number of halogens is 1. The van der Waals surface area contributed by atoms with Crippen molar-refractivity contribution in [2.24, 2.45) is 0 Å². The second-order valence-corrected chi connectivity index (χ2v) is 8.43. The largest absolute Gasteiger partial charge is 0.492 e. The molecule has 8 heteroatoms. The van der Waals surface area contributed by atoms with Crippen molar-refractivity contribution in [1.82, 2.24) is 4.90 Å². The lowest BCUT2D eigenvalue weighted by molar-refractivity contribution is -0.123. The molecule has 1 aliphatic rings. The predicted molar refractivity (Wildman–Crippen MR) is 132 cm³/mol. The summed E-state index contributed by atoms with van der Waals surface area (Å²) in [5.74, 6) is 1.54. The highest BCUT2D eigenvalue weighted by molar-refractivity contribution is 8.18. The molecule has 174 valence electrons. The van der Waals surface area contributed by atoms with Crippen LogP contribution < -0.4 is 14.2 Å². The molecule has 1 fully saturated rings. The van der Waals surface area contributed by atoms with Gasteiger partial charge in [-0.15, -0.1) is 6.58 Å². The van der Waals surface area contributed by atoms with E-state index < -0.39 is 0 Å². The van der Waals surface area contributed by atoms with Crippen LogP contribution in [0.3, 0.4) is 0 Å². The van der Waals surface area contributed by atoms with Gasteiger partial charge in [0, 0.05) is 10.6 Å². The SMILES string of the molecule is C=CCc1cc(/C=C2\SC(=O)N(CCOc3ccc(Cl)cc3)C2=O)cc(OCC)c1OCC. The lowest BCUT2D eigenvalue weighted by atomic mass is 10.0. The molecule has 0 radical (unpaired) electrons. The summed E-state index contributed by atoms with van der Waals surface area (Å²) in [6, 6.07) is 10.6. The van der Waals surface area contributed by atoms with E-state index in [-0.39, 0.29) is 24.3 Å². The molecule has 0 atom stereocenters. The summed E-state index contributed by atoms with van der Waals surface area (Å²) in [4.78, 5) is 26.9. The van der Waals surface area contributed by atoms with Crippen LogP contribution in [0.25, 0.3) is 6.08 Å². The summed E-state index contributed by atoms with van der Waals surface area (Å²) in [6.45, 7) is 8.93. The molecule has 0 spiro atoms. The number of ether oxygens (including phenoxy) is 3. The molecule has 33 heavy (non-hydrogen) atoms. The quantitative estimate of drug-likeness (QED) is 0.287. The molecular formula is C25H26ClNO5S. The topological polar surface area (TPSA) is 65.1 Å². The molecule has 3 rings (SSSR count).